The molecule has 2 N–H and O–H groups in total. The minimum atomic E-state index is -2.85. The molecule has 16 heteroatoms. The molecule has 48 heavy (non-hydrogen) atoms. The molecule has 3 aromatic heterocycles. The smallest absolute Gasteiger partial charge is 0.333 e. The molecule has 1 saturated carbocycles. The Labute approximate surface area is 286 Å². The maximum atomic E-state index is 14.1. The number of rotatable bonds is 7. The number of benzene rings is 1. The third kappa shape index (κ3) is 5.80. The van der Waals surface area contributed by atoms with Crippen molar-refractivity contribution in [1.82, 2.24) is 34.9 Å². The molecule has 2 atom stereocenters. The van der Waals surface area contributed by atoms with Crippen LogP contribution in [-0.4, -0.2) is 72.2 Å². The van der Waals surface area contributed by atoms with Gasteiger partial charge in [0.25, 0.3) is 0 Å². The van der Waals surface area contributed by atoms with E-state index in [-0.39, 0.29) is 22.8 Å². The maximum Gasteiger partial charge on any atom is 0.333 e. The summed E-state index contributed by atoms with van der Waals surface area (Å²) in [5, 5.41) is 22.4. The highest BCUT2D eigenvalue weighted by atomic mass is 35.5. The average molecular weight is 715 g/mol. The third-order valence-corrected chi connectivity index (χ3v) is 11.8. The summed E-state index contributed by atoms with van der Waals surface area (Å²) in [5.74, 6) is 0.539. The van der Waals surface area contributed by atoms with Crippen molar-refractivity contribution in [3.05, 3.63) is 90.9 Å². The number of hydrogen-bond acceptors (Lipinski definition) is 9. The number of nitrogens with zero attached hydrogens (tertiary/aromatic N) is 7. The normalized spacial score (nSPS) is 22.3. The molecule has 4 aliphatic rings. The van der Waals surface area contributed by atoms with E-state index in [2.05, 4.69) is 20.4 Å². The molecule has 2 saturated heterocycles. The van der Waals surface area contributed by atoms with E-state index in [1.54, 1.807) is 28.6 Å². The van der Waals surface area contributed by atoms with Gasteiger partial charge >= 0.3 is 12.6 Å². The molecule has 1 aromatic carbocycles. The SMILES string of the molecule is O=C(N[C@H]1CC2=C(c3ccn(C(F)F)n3)[C@H](c3ccc(F)cc3Cl)N=C(c3nccs3)N2C1)N1CCC(O)(c2cnc(C3CC3)s2)CC1. The number of amides is 2. The number of halogens is 4. The second kappa shape index (κ2) is 12.3. The number of carbonyl (C=O) groups excluding carboxylic acids is 1. The Morgan fingerprint density at radius 3 is 2.67 bits per heavy atom. The van der Waals surface area contributed by atoms with Gasteiger partial charge in [-0.25, -0.2) is 23.8 Å². The summed E-state index contributed by atoms with van der Waals surface area (Å²) >= 11 is 9.52. The van der Waals surface area contributed by atoms with Gasteiger partial charge in [-0.1, -0.05) is 17.7 Å². The number of carbonyl (C=O) groups is 1. The van der Waals surface area contributed by atoms with Crippen LogP contribution < -0.4 is 5.32 Å². The van der Waals surface area contributed by atoms with Gasteiger partial charge in [0.1, 0.15) is 17.5 Å². The number of amidine groups is 1. The Morgan fingerprint density at radius 1 is 1.17 bits per heavy atom. The minimum absolute atomic E-state index is 0.136. The number of nitrogens with one attached hydrogen (secondary N) is 1. The molecule has 1 aliphatic carbocycles. The van der Waals surface area contributed by atoms with Crippen LogP contribution in [0.15, 0.2) is 58.9 Å². The van der Waals surface area contributed by atoms with E-state index in [0.717, 1.165) is 28.4 Å². The van der Waals surface area contributed by atoms with Crippen LogP contribution in [0.2, 0.25) is 5.02 Å². The van der Waals surface area contributed by atoms with E-state index >= 15 is 0 Å². The van der Waals surface area contributed by atoms with Gasteiger partial charge in [0.15, 0.2) is 10.8 Å². The average Bonchev–Trinajstić information content (AvgIpc) is 3.55. The first-order valence-corrected chi connectivity index (χ1v) is 17.7. The number of fused-ring (bicyclic) bond motifs is 1. The Morgan fingerprint density at radius 2 is 1.98 bits per heavy atom. The number of aliphatic hydroxyl groups is 1. The number of alkyl halides is 2. The monoisotopic (exact) mass is 714 g/mol. The van der Waals surface area contributed by atoms with E-state index in [1.165, 1.54) is 41.8 Å². The van der Waals surface area contributed by atoms with Crippen molar-refractivity contribution < 1.29 is 23.1 Å². The van der Waals surface area contributed by atoms with E-state index in [4.69, 9.17) is 16.6 Å². The lowest BCUT2D eigenvalue weighted by atomic mass is 9.90. The van der Waals surface area contributed by atoms with Crippen LogP contribution in [0.5, 0.6) is 0 Å². The molecule has 4 aromatic rings. The molecule has 0 radical (unpaired) electrons. The number of hydrogen-bond donors (Lipinski definition) is 2. The van der Waals surface area contributed by atoms with Crippen LogP contribution in [-0.2, 0) is 5.60 Å². The number of likely N-dealkylation sites (tertiary alicyclic amines) is 1. The van der Waals surface area contributed by atoms with Crippen molar-refractivity contribution in [2.24, 2.45) is 4.99 Å². The third-order valence-electron chi connectivity index (χ3n) is 9.34. The fourth-order valence-corrected chi connectivity index (χ4v) is 8.81. The van der Waals surface area contributed by atoms with Crippen molar-refractivity contribution in [1.29, 1.82) is 0 Å². The van der Waals surface area contributed by atoms with Gasteiger partial charge in [0.2, 0.25) is 0 Å². The lowest BCUT2D eigenvalue weighted by Gasteiger charge is -2.37. The van der Waals surface area contributed by atoms with Crippen molar-refractivity contribution >= 4 is 51.7 Å². The highest BCUT2D eigenvalue weighted by Gasteiger charge is 2.43. The van der Waals surface area contributed by atoms with E-state index in [0.29, 0.717) is 71.5 Å². The molecule has 3 aliphatic heterocycles. The zero-order valence-corrected chi connectivity index (χ0v) is 27.8. The fourth-order valence-electron chi connectivity index (χ4n) is 6.66. The topological polar surface area (TPSA) is 112 Å². The summed E-state index contributed by atoms with van der Waals surface area (Å²) in [5.41, 5.74) is 1.03. The zero-order chi connectivity index (χ0) is 33.2. The first kappa shape index (κ1) is 31.5. The van der Waals surface area contributed by atoms with Gasteiger partial charge in [-0.05, 0) is 43.9 Å². The summed E-state index contributed by atoms with van der Waals surface area (Å²) in [6.07, 6.45) is 8.11. The first-order chi connectivity index (χ1) is 23.2. The molecule has 2 amide bonds. The summed E-state index contributed by atoms with van der Waals surface area (Å²) in [6.45, 7) is -1.73. The van der Waals surface area contributed by atoms with Crippen molar-refractivity contribution in [2.75, 3.05) is 19.6 Å². The molecule has 0 unspecified atom stereocenters. The Balaban J connectivity index is 1.08. The standard InChI is InChI=1S/C32H30ClF3N8O2S2/c33-21-13-18(34)3-4-20(21)26-25(22-5-9-44(41-22)30(35)36)23-14-19(16-43(23)27(40-26)29-37-8-12-47-29)39-31(45)42-10-6-32(46,7-11-42)24-15-38-28(48-24)17-1-2-17/h3-5,8-9,12-13,15,17,19,26,30,46H,1-2,6-7,10-11,14,16H2,(H,39,45)/t19-,26-/m0/s1. The van der Waals surface area contributed by atoms with Gasteiger partial charge in [0, 0.05) is 77.8 Å². The van der Waals surface area contributed by atoms with Gasteiger partial charge in [-0.15, -0.1) is 22.7 Å². The van der Waals surface area contributed by atoms with Gasteiger partial charge in [-0.3, -0.25) is 4.99 Å². The first-order valence-electron chi connectivity index (χ1n) is 15.7. The van der Waals surface area contributed by atoms with E-state index in [9.17, 15) is 23.1 Å². The van der Waals surface area contributed by atoms with E-state index < -0.39 is 24.0 Å². The molecule has 10 nitrogen and oxygen atoms in total. The predicted molar refractivity (Wildman–Crippen MR) is 176 cm³/mol. The van der Waals surface area contributed by atoms with Crippen LogP contribution in [0.1, 0.15) is 76.8 Å². The van der Waals surface area contributed by atoms with Crippen LogP contribution in [0.25, 0.3) is 5.57 Å². The lowest BCUT2D eigenvalue weighted by molar-refractivity contribution is -0.0140. The van der Waals surface area contributed by atoms with Crippen LogP contribution in [0, 0.1) is 5.82 Å². The number of urea groups is 1. The molecule has 6 heterocycles. The zero-order valence-electron chi connectivity index (χ0n) is 25.4. The van der Waals surface area contributed by atoms with Crippen molar-refractivity contribution in [3.63, 3.8) is 0 Å². The number of piperidine rings is 1. The van der Waals surface area contributed by atoms with Gasteiger partial charge < -0.3 is 20.2 Å². The van der Waals surface area contributed by atoms with Crippen LogP contribution in [0.4, 0.5) is 18.0 Å². The molecule has 250 valence electrons. The molecule has 0 bridgehead atoms. The van der Waals surface area contributed by atoms with Crippen LogP contribution in [0.3, 0.4) is 0 Å². The van der Waals surface area contributed by atoms with Crippen molar-refractivity contribution in [3.8, 4) is 0 Å². The minimum Gasteiger partial charge on any atom is -0.384 e. The Bertz CT molecular complexity index is 1920. The highest BCUT2D eigenvalue weighted by Crippen LogP contribution is 2.47. The molecular weight excluding hydrogens is 685 g/mol. The van der Waals surface area contributed by atoms with Crippen molar-refractivity contribution in [2.45, 2.75) is 62.3 Å². The Hall–Kier alpha value is -3.79. The maximum absolute atomic E-state index is 14.1. The summed E-state index contributed by atoms with van der Waals surface area (Å²) in [7, 11) is 0. The molecular formula is C32H30ClF3N8O2S2. The van der Waals surface area contributed by atoms with Gasteiger partial charge in [-0.2, -0.15) is 13.9 Å². The van der Waals surface area contributed by atoms with E-state index in [1.807, 2.05) is 10.3 Å². The lowest BCUT2D eigenvalue weighted by Crippen LogP contribution is -2.51. The summed E-state index contributed by atoms with van der Waals surface area (Å²) in [4.78, 5) is 32.2. The van der Waals surface area contributed by atoms with Gasteiger partial charge in [0.05, 0.1) is 21.6 Å². The predicted octanol–water partition coefficient (Wildman–Crippen LogP) is 6.54. The number of aromatic nitrogens is 4. The second-order valence-corrected chi connectivity index (χ2v) is 14.9. The largest absolute Gasteiger partial charge is 0.384 e. The molecule has 3 fully saturated rings. The summed E-state index contributed by atoms with van der Waals surface area (Å²) < 4.78 is 42.0. The summed E-state index contributed by atoms with van der Waals surface area (Å²) in [6, 6.07) is 4.10. The number of aliphatic imine (C=N–C) groups is 1. The molecule has 8 rings (SSSR count). The quantitative estimate of drug-likeness (QED) is 0.225. The highest BCUT2D eigenvalue weighted by molar-refractivity contribution is 7.12. The molecule has 0 spiro atoms. The second-order valence-electron chi connectivity index (χ2n) is 12.5. The number of thiazole rings is 2. The van der Waals surface area contributed by atoms with Crippen LogP contribution >= 0.6 is 34.3 Å². The Kier molecular flexibility index (Phi) is 8.05. The fraction of sp³-hybridized carbons (Fsp3) is 0.406.